The molecule has 3 N–H and O–H groups in total. The number of thiocarbonyl (C=S) groups is 1. The highest BCUT2D eigenvalue weighted by molar-refractivity contribution is 8.26. The first-order valence-electron chi connectivity index (χ1n) is 8.41. The van der Waals surface area contributed by atoms with Gasteiger partial charge in [-0.2, -0.15) is 0 Å². The molecule has 1 fully saturated rings. The van der Waals surface area contributed by atoms with Crippen LogP contribution in [0.15, 0.2) is 23.1 Å². The van der Waals surface area contributed by atoms with Crippen LogP contribution in [0.4, 0.5) is 0 Å². The summed E-state index contributed by atoms with van der Waals surface area (Å²) in [6.07, 6.45) is 1.59. The number of nitrogens with zero attached hydrogens (tertiary/aromatic N) is 1. The van der Waals surface area contributed by atoms with Crippen molar-refractivity contribution in [2.45, 2.75) is 32.9 Å². The number of carboxylic acid groups (broad SMARTS) is 1. The maximum absolute atomic E-state index is 12.7. The molecule has 0 spiro atoms. The van der Waals surface area contributed by atoms with Crippen molar-refractivity contribution in [3.63, 3.8) is 0 Å². The number of thioether (sulfide) groups is 1. The summed E-state index contributed by atoms with van der Waals surface area (Å²) in [5.41, 5.74) is 0.623. The second kappa shape index (κ2) is 9.07. The largest absolute Gasteiger partial charge is 0.504 e. The molecule has 10 heteroatoms. The Morgan fingerprint density at radius 1 is 1.39 bits per heavy atom. The van der Waals surface area contributed by atoms with Crippen molar-refractivity contribution in [3.8, 4) is 11.5 Å². The molecule has 2 unspecified atom stereocenters. The lowest BCUT2D eigenvalue weighted by Crippen LogP contribution is -2.50. The fraction of sp³-hybridized carbons (Fsp3) is 0.333. The minimum atomic E-state index is -1.18. The topological polar surface area (TPSA) is 116 Å². The third-order valence-corrected chi connectivity index (χ3v) is 5.23. The van der Waals surface area contributed by atoms with Gasteiger partial charge in [0.05, 0.1) is 11.5 Å². The summed E-state index contributed by atoms with van der Waals surface area (Å²) in [6, 6.07) is 2.63. The second-order valence-corrected chi connectivity index (χ2v) is 7.63. The summed E-state index contributed by atoms with van der Waals surface area (Å²) in [5, 5.41) is 21.0. The van der Waals surface area contributed by atoms with Gasteiger partial charge in [-0.05, 0) is 44.5 Å². The molecule has 0 radical (unpaired) electrons. The van der Waals surface area contributed by atoms with Crippen LogP contribution in [0.3, 0.4) is 0 Å². The second-order valence-electron chi connectivity index (χ2n) is 5.96. The van der Waals surface area contributed by atoms with Gasteiger partial charge in [-0.3, -0.25) is 19.3 Å². The van der Waals surface area contributed by atoms with Crippen molar-refractivity contribution in [3.05, 3.63) is 28.7 Å². The molecule has 0 aliphatic carbocycles. The molecule has 1 saturated heterocycles. The number of amides is 2. The molecule has 2 rings (SSSR count). The van der Waals surface area contributed by atoms with Gasteiger partial charge in [-0.15, -0.1) is 0 Å². The van der Waals surface area contributed by atoms with Gasteiger partial charge < -0.3 is 20.3 Å². The number of hydrogen-bond acceptors (Lipinski definition) is 7. The maximum atomic E-state index is 12.7. The highest BCUT2D eigenvalue weighted by Gasteiger charge is 2.38. The number of ether oxygens (including phenoxy) is 1. The molecular weight excluding hydrogens is 404 g/mol. The predicted octanol–water partition coefficient (Wildman–Crippen LogP) is 1.97. The fourth-order valence-corrected chi connectivity index (χ4v) is 3.79. The van der Waals surface area contributed by atoms with E-state index in [1.54, 1.807) is 25.1 Å². The van der Waals surface area contributed by atoms with E-state index in [-0.39, 0.29) is 10.1 Å². The summed E-state index contributed by atoms with van der Waals surface area (Å²) < 4.78 is 5.53. The van der Waals surface area contributed by atoms with Crippen molar-refractivity contribution in [2.24, 2.45) is 0 Å². The Bertz CT molecular complexity index is 854. The molecule has 2 atom stereocenters. The zero-order valence-corrected chi connectivity index (χ0v) is 17.1. The first-order chi connectivity index (χ1) is 13.1. The van der Waals surface area contributed by atoms with Crippen LogP contribution in [0.25, 0.3) is 6.08 Å². The lowest BCUT2D eigenvalue weighted by molar-refractivity contribution is -0.142. The van der Waals surface area contributed by atoms with Crippen LogP contribution in [-0.4, -0.2) is 55.9 Å². The first-order valence-corrected chi connectivity index (χ1v) is 9.64. The predicted molar refractivity (Wildman–Crippen MR) is 109 cm³/mol. The van der Waals surface area contributed by atoms with Gasteiger partial charge >= 0.3 is 5.97 Å². The van der Waals surface area contributed by atoms with Gasteiger partial charge in [0, 0.05) is 0 Å². The Labute approximate surface area is 171 Å². The SMILES string of the molecule is CCOc1cc(/C=C2\SC(=S)N(C(C)C(=O)NC(C)C(=O)O)C2=O)ccc1O. The van der Waals surface area contributed by atoms with Gasteiger partial charge in [-0.1, -0.05) is 30.0 Å². The zero-order valence-electron chi connectivity index (χ0n) is 15.5. The Balaban J connectivity index is 2.21. The van der Waals surface area contributed by atoms with E-state index in [0.29, 0.717) is 22.8 Å². The quantitative estimate of drug-likeness (QED) is 0.449. The van der Waals surface area contributed by atoms with Crippen LogP contribution in [-0.2, 0) is 14.4 Å². The van der Waals surface area contributed by atoms with E-state index < -0.39 is 29.9 Å². The minimum Gasteiger partial charge on any atom is -0.504 e. The van der Waals surface area contributed by atoms with Crippen molar-refractivity contribution >= 4 is 52.2 Å². The Kier molecular flexibility index (Phi) is 7.03. The summed E-state index contributed by atoms with van der Waals surface area (Å²) in [7, 11) is 0. The van der Waals surface area contributed by atoms with Crippen molar-refractivity contribution in [1.29, 1.82) is 0 Å². The molecule has 1 heterocycles. The third-order valence-electron chi connectivity index (χ3n) is 3.90. The molecular formula is C18H20N2O6S2. The number of carboxylic acids is 1. The zero-order chi connectivity index (χ0) is 21.0. The number of aromatic hydroxyl groups is 1. The number of carbonyl (C=O) groups is 3. The van der Waals surface area contributed by atoms with Gasteiger partial charge in [0.15, 0.2) is 11.5 Å². The lowest BCUT2D eigenvalue weighted by atomic mass is 10.1. The molecule has 28 heavy (non-hydrogen) atoms. The third kappa shape index (κ3) is 4.82. The van der Waals surface area contributed by atoms with E-state index in [0.717, 1.165) is 16.7 Å². The molecule has 1 aromatic rings. The van der Waals surface area contributed by atoms with Crippen molar-refractivity contribution < 1.29 is 29.3 Å². The normalized spacial score (nSPS) is 17.5. The molecule has 1 aliphatic rings. The molecule has 2 amide bonds. The van der Waals surface area contributed by atoms with Gasteiger partial charge in [0.1, 0.15) is 16.4 Å². The number of phenolic OH excluding ortho intramolecular Hbond substituents is 1. The summed E-state index contributed by atoms with van der Waals surface area (Å²) in [4.78, 5) is 37.3. The smallest absolute Gasteiger partial charge is 0.325 e. The summed E-state index contributed by atoms with van der Waals surface area (Å²) in [6.45, 7) is 4.97. The molecule has 1 aliphatic heterocycles. The Hall–Kier alpha value is -2.59. The molecule has 150 valence electrons. The van der Waals surface area contributed by atoms with Crippen LogP contribution < -0.4 is 10.1 Å². The molecule has 8 nitrogen and oxygen atoms in total. The number of carbonyl (C=O) groups excluding carboxylic acids is 2. The number of aliphatic carboxylic acids is 1. The molecule has 0 bridgehead atoms. The summed E-state index contributed by atoms with van der Waals surface area (Å²) in [5.74, 6) is -1.96. The number of nitrogens with one attached hydrogen (secondary N) is 1. The Morgan fingerprint density at radius 2 is 2.07 bits per heavy atom. The first kappa shape index (κ1) is 21.7. The lowest BCUT2D eigenvalue weighted by Gasteiger charge is -2.23. The van der Waals surface area contributed by atoms with Crippen LogP contribution in [0, 0.1) is 0 Å². The average Bonchev–Trinajstić information content (AvgIpc) is 2.90. The van der Waals surface area contributed by atoms with E-state index in [4.69, 9.17) is 22.1 Å². The Morgan fingerprint density at radius 3 is 2.68 bits per heavy atom. The van der Waals surface area contributed by atoms with E-state index in [1.165, 1.54) is 19.9 Å². The maximum Gasteiger partial charge on any atom is 0.325 e. The van der Waals surface area contributed by atoms with Gasteiger partial charge in [-0.25, -0.2) is 0 Å². The average molecular weight is 425 g/mol. The van der Waals surface area contributed by atoms with Crippen LogP contribution in [0.2, 0.25) is 0 Å². The number of phenols is 1. The standard InChI is InChI=1S/C18H20N2O6S2/c1-4-26-13-7-11(5-6-12(13)21)8-14-16(23)20(18(27)28-14)10(3)15(22)19-9(2)17(24)25/h5-10,21H,4H2,1-3H3,(H,19,22)(H,24,25)/b14-8-. The summed E-state index contributed by atoms with van der Waals surface area (Å²) >= 11 is 6.27. The number of hydrogen-bond donors (Lipinski definition) is 3. The van der Waals surface area contributed by atoms with E-state index in [9.17, 15) is 19.5 Å². The highest BCUT2D eigenvalue weighted by atomic mass is 32.2. The van der Waals surface area contributed by atoms with Crippen LogP contribution in [0.1, 0.15) is 26.3 Å². The monoisotopic (exact) mass is 424 g/mol. The van der Waals surface area contributed by atoms with E-state index in [1.807, 2.05) is 0 Å². The van der Waals surface area contributed by atoms with E-state index >= 15 is 0 Å². The minimum absolute atomic E-state index is 0.00982. The number of benzene rings is 1. The van der Waals surface area contributed by atoms with Crippen LogP contribution in [0.5, 0.6) is 11.5 Å². The number of rotatable bonds is 7. The van der Waals surface area contributed by atoms with Crippen LogP contribution >= 0.6 is 24.0 Å². The molecule has 1 aromatic carbocycles. The fourth-order valence-electron chi connectivity index (χ4n) is 2.37. The molecule has 0 saturated carbocycles. The molecule has 0 aromatic heterocycles. The van der Waals surface area contributed by atoms with Gasteiger partial charge in [0.2, 0.25) is 5.91 Å². The van der Waals surface area contributed by atoms with E-state index in [2.05, 4.69) is 5.32 Å². The van der Waals surface area contributed by atoms with Crippen molar-refractivity contribution in [2.75, 3.05) is 6.61 Å². The van der Waals surface area contributed by atoms with Gasteiger partial charge in [0.25, 0.3) is 5.91 Å². The van der Waals surface area contributed by atoms with Crippen molar-refractivity contribution in [1.82, 2.24) is 10.2 Å². The highest BCUT2D eigenvalue weighted by Crippen LogP contribution is 2.35.